The minimum atomic E-state index is -3.98. The number of carbonyl (C=O) groups is 1. The Bertz CT molecular complexity index is 1540. The van der Waals surface area contributed by atoms with Crippen molar-refractivity contribution in [3.8, 4) is 0 Å². The molecule has 1 aliphatic rings. The molecule has 0 aromatic carbocycles. The molecule has 1 aliphatic heterocycles. The fraction of sp³-hybridized carbons (Fsp3) is 0.318. The third-order valence-corrected chi connectivity index (χ3v) is 9.04. The van der Waals surface area contributed by atoms with Crippen LogP contribution in [0.3, 0.4) is 0 Å². The van der Waals surface area contributed by atoms with Gasteiger partial charge in [-0.3, -0.25) is 14.2 Å². The molecule has 1 N–H and O–H groups in total. The van der Waals surface area contributed by atoms with E-state index in [0.29, 0.717) is 34.5 Å². The Labute approximate surface area is 210 Å². The van der Waals surface area contributed by atoms with Crippen LogP contribution in [0.15, 0.2) is 57.3 Å². The molecule has 1 fully saturated rings. The molecule has 0 unspecified atom stereocenters. The van der Waals surface area contributed by atoms with E-state index in [0.717, 1.165) is 15.9 Å². The standard InChI is InChI=1S/C22H23N7O5S2/c1-15-19(36(32,33)29-9-7-27(8-10-29)22-23-5-3-6-24-22)18-20(35-15)26-14-28(21(18)31)13-17(30)25-12-16-4-2-11-34-16/h2-6,11,14H,7-10,12-13H2,1H3,(H,25,30). The number of furan rings is 1. The monoisotopic (exact) mass is 529 g/mol. The Morgan fingerprint density at radius 3 is 2.58 bits per heavy atom. The Kier molecular flexibility index (Phi) is 6.55. The van der Waals surface area contributed by atoms with E-state index in [-0.39, 0.29) is 36.5 Å². The summed E-state index contributed by atoms with van der Waals surface area (Å²) >= 11 is 1.14. The molecule has 12 nitrogen and oxygen atoms in total. The zero-order chi connectivity index (χ0) is 25.3. The maximum Gasteiger partial charge on any atom is 0.263 e. The molecular formula is C22H23N7O5S2. The largest absolute Gasteiger partial charge is 0.467 e. The summed E-state index contributed by atoms with van der Waals surface area (Å²) in [7, 11) is -3.98. The van der Waals surface area contributed by atoms with E-state index in [4.69, 9.17) is 4.42 Å². The summed E-state index contributed by atoms with van der Waals surface area (Å²) in [5.41, 5.74) is -0.576. The zero-order valence-corrected chi connectivity index (χ0v) is 21.0. The van der Waals surface area contributed by atoms with Gasteiger partial charge in [-0.15, -0.1) is 11.3 Å². The van der Waals surface area contributed by atoms with Crippen LogP contribution in [0.5, 0.6) is 0 Å². The third-order valence-electron chi connectivity index (χ3n) is 5.82. The summed E-state index contributed by atoms with van der Waals surface area (Å²) < 4.78 is 35.0. The number of hydrogen-bond donors (Lipinski definition) is 1. The molecule has 0 saturated carbocycles. The number of nitrogens with one attached hydrogen (secondary N) is 1. The Morgan fingerprint density at radius 1 is 1.14 bits per heavy atom. The molecule has 1 amide bonds. The summed E-state index contributed by atoms with van der Waals surface area (Å²) in [5, 5.41) is 2.68. The van der Waals surface area contributed by atoms with Crippen LogP contribution in [0.4, 0.5) is 5.95 Å². The van der Waals surface area contributed by atoms with E-state index in [2.05, 4.69) is 20.3 Å². The van der Waals surface area contributed by atoms with Crippen LogP contribution in [-0.4, -0.2) is 64.3 Å². The second-order valence-electron chi connectivity index (χ2n) is 8.14. The minimum absolute atomic E-state index is 0.00709. The van der Waals surface area contributed by atoms with E-state index < -0.39 is 21.5 Å². The highest BCUT2D eigenvalue weighted by Gasteiger charge is 2.34. The summed E-state index contributed by atoms with van der Waals surface area (Å²) in [5.74, 6) is 0.694. The van der Waals surface area contributed by atoms with Gasteiger partial charge in [0.1, 0.15) is 22.0 Å². The van der Waals surface area contributed by atoms with E-state index >= 15 is 0 Å². The van der Waals surface area contributed by atoms with Crippen molar-refractivity contribution in [3.05, 3.63) is 64.2 Å². The number of aryl methyl sites for hydroxylation is 1. The third kappa shape index (κ3) is 4.62. The van der Waals surface area contributed by atoms with E-state index in [9.17, 15) is 18.0 Å². The van der Waals surface area contributed by atoms with Gasteiger partial charge in [0.25, 0.3) is 5.56 Å². The quantitative estimate of drug-likeness (QED) is 0.370. The highest BCUT2D eigenvalue weighted by Crippen LogP contribution is 2.33. The van der Waals surface area contributed by atoms with Gasteiger partial charge in [-0.05, 0) is 25.1 Å². The highest BCUT2D eigenvalue weighted by atomic mass is 32.2. The van der Waals surface area contributed by atoms with Crippen molar-refractivity contribution in [3.63, 3.8) is 0 Å². The van der Waals surface area contributed by atoms with Crippen LogP contribution in [0, 0.1) is 6.92 Å². The molecule has 0 aliphatic carbocycles. The van der Waals surface area contributed by atoms with Gasteiger partial charge < -0.3 is 14.6 Å². The highest BCUT2D eigenvalue weighted by molar-refractivity contribution is 7.89. The van der Waals surface area contributed by atoms with Crippen molar-refractivity contribution in [2.45, 2.75) is 24.9 Å². The molecule has 4 aromatic rings. The van der Waals surface area contributed by atoms with E-state index in [1.54, 1.807) is 37.5 Å². The summed E-state index contributed by atoms with van der Waals surface area (Å²) in [6.45, 7) is 2.82. The van der Waals surface area contributed by atoms with Crippen LogP contribution >= 0.6 is 11.3 Å². The van der Waals surface area contributed by atoms with E-state index in [1.165, 1.54) is 16.9 Å². The molecule has 4 aromatic heterocycles. The van der Waals surface area contributed by atoms with Gasteiger partial charge in [-0.2, -0.15) is 4.31 Å². The minimum Gasteiger partial charge on any atom is -0.467 e. The molecule has 5 rings (SSSR count). The second kappa shape index (κ2) is 9.79. The number of piperazine rings is 1. The van der Waals surface area contributed by atoms with Crippen molar-refractivity contribution in [1.29, 1.82) is 0 Å². The molecule has 0 atom stereocenters. The van der Waals surface area contributed by atoms with Crippen molar-refractivity contribution >= 4 is 43.4 Å². The van der Waals surface area contributed by atoms with Gasteiger partial charge in [0, 0.05) is 43.4 Å². The number of hydrogen-bond acceptors (Lipinski definition) is 10. The maximum absolute atomic E-state index is 13.7. The average Bonchev–Trinajstić information content (AvgIpc) is 3.53. The number of nitrogens with zero attached hydrogens (tertiary/aromatic N) is 6. The van der Waals surface area contributed by atoms with Gasteiger partial charge in [0.2, 0.25) is 21.9 Å². The lowest BCUT2D eigenvalue weighted by atomic mass is 10.3. The van der Waals surface area contributed by atoms with Gasteiger partial charge in [0.15, 0.2) is 0 Å². The van der Waals surface area contributed by atoms with Gasteiger partial charge in [-0.25, -0.2) is 23.4 Å². The maximum atomic E-state index is 13.7. The fourth-order valence-electron chi connectivity index (χ4n) is 4.06. The topological polar surface area (TPSA) is 144 Å². The van der Waals surface area contributed by atoms with Crippen molar-refractivity contribution < 1.29 is 17.6 Å². The summed E-state index contributed by atoms with van der Waals surface area (Å²) in [6, 6.07) is 5.15. The molecule has 0 bridgehead atoms. The van der Waals surface area contributed by atoms with Crippen LogP contribution in [0.1, 0.15) is 10.6 Å². The first-order valence-corrected chi connectivity index (χ1v) is 13.4. The second-order valence-corrected chi connectivity index (χ2v) is 11.2. The number of rotatable bonds is 7. The number of carbonyl (C=O) groups excluding carboxylic acids is 1. The van der Waals surface area contributed by atoms with Gasteiger partial charge in [0.05, 0.1) is 24.5 Å². The number of fused-ring (bicyclic) bond motifs is 1. The number of aromatic nitrogens is 4. The normalized spacial score (nSPS) is 14.9. The van der Waals surface area contributed by atoms with Crippen molar-refractivity contribution in [2.75, 3.05) is 31.1 Å². The van der Waals surface area contributed by atoms with Gasteiger partial charge in [-0.1, -0.05) is 0 Å². The van der Waals surface area contributed by atoms with Crippen LogP contribution in [0.25, 0.3) is 10.2 Å². The van der Waals surface area contributed by atoms with Crippen LogP contribution < -0.4 is 15.8 Å². The predicted octanol–water partition coefficient (Wildman–Crippen LogP) is 0.977. The Morgan fingerprint density at radius 2 is 1.89 bits per heavy atom. The fourth-order valence-corrected chi connectivity index (χ4v) is 7.15. The van der Waals surface area contributed by atoms with Crippen LogP contribution in [-0.2, 0) is 27.9 Å². The first-order valence-electron chi connectivity index (χ1n) is 11.1. The molecule has 14 heteroatoms. The predicted molar refractivity (Wildman–Crippen MR) is 132 cm³/mol. The van der Waals surface area contributed by atoms with E-state index in [1.807, 2.05) is 4.90 Å². The molecule has 5 heterocycles. The summed E-state index contributed by atoms with van der Waals surface area (Å²) in [6.07, 6.45) is 6.05. The molecule has 0 spiro atoms. The van der Waals surface area contributed by atoms with Gasteiger partial charge >= 0.3 is 0 Å². The number of thiophene rings is 1. The number of amides is 1. The smallest absolute Gasteiger partial charge is 0.263 e. The Balaban J connectivity index is 1.38. The molecule has 36 heavy (non-hydrogen) atoms. The van der Waals surface area contributed by atoms with Crippen molar-refractivity contribution in [1.82, 2.24) is 29.1 Å². The first kappa shape index (κ1) is 24.1. The van der Waals surface area contributed by atoms with Crippen LogP contribution in [0.2, 0.25) is 0 Å². The summed E-state index contributed by atoms with van der Waals surface area (Å²) in [4.78, 5) is 41.1. The number of sulfonamides is 1. The first-order chi connectivity index (χ1) is 17.3. The molecular weight excluding hydrogens is 506 g/mol. The molecule has 188 valence electrons. The lowest BCUT2D eigenvalue weighted by Crippen LogP contribution is -2.49. The van der Waals surface area contributed by atoms with Crippen molar-refractivity contribution in [2.24, 2.45) is 0 Å². The average molecular weight is 530 g/mol. The lowest BCUT2D eigenvalue weighted by molar-refractivity contribution is -0.122. The zero-order valence-electron chi connectivity index (χ0n) is 19.3. The number of anilines is 1. The SMILES string of the molecule is Cc1sc2ncn(CC(=O)NCc3ccco3)c(=O)c2c1S(=O)(=O)N1CCN(c2ncccn2)CC1. The Hall–Kier alpha value is -3.62. The molecule has 0 radical (unpaired) electrons. The molecule has 1 saturated heterocycles. The lowest BCUT2D eigenvalue weighted by Gasteiger charge is -2.33.